The Morgan fingerprint density at radius 1 is 1.22 bits per heavy atom. The minimum Gasteiger partial charge on any atom is -0.491 e. The Bertz CT molecular complexity index is 367. The molecule has 3 nitrogen and oxygen atoms in total. The summed E-state index contributed by atoms with van der Waals surface area (Å²) >= 11 is 0. The maximum atomic E-state index is 5.81. The first-order valence-electron chi connectivity index (χ1n) is 6.73. The van der Waals surface area contributed by atoms with Gasteiger partial charge in [-0.1, -0.05) is 18.2 Å². The fourth-order valence-corrected chi connectivity index (χ4v) is 2.71. The van der Waals surface area contributed by atoms with Gasteiger partial charge in [0, 0.05) is 13.2 Å². The van der Waals surface area contributed by atoms with Gasteiger partial charge in [0.2, 0.25) is 0 Å². The average molecular weight is 249 g/mol. The Morgan fingerprint density at radius 2 is 2.06 bits per heavy atom. The minimum atomic E-state index is 0.621. The van der Waals surface area contributed by atoms with Crippen molar-refractivity contribution in [3.05, 3.63) is 29.8 Å². The van der Waals surface area contributed by atoms with E-state index in [9.17, 15) is 0 Å². The summed E-state index contributed by atoms with van der Waals surface area (Å²) in [5.41, 5.74) is 1.35. The summed E-state index contributed by atoms with van der Waals surface area (Å²) < 4.78 is 10.8. The van der Waals surface area contributed by atoms with E-state index in [0.29, 0.717) is 25.2 Å². The summed E-state index contributed by atoms with van der Waals surface area (Å²) in [6.45, 7) is 1.26. The molecule has 1 aliphatic rings. The van der Waals surface area contributed by atoms with Gasteiger partial charge in [-0.2, -0.15) is 0 Å². The molecule has 2 rings (SSSR count). The normalized spacial score (nSPS) is 23.2. The highest BCUT2D eigenvalue weighted by molar-refractivity contribution is 5.37. The molecule has 1 aliphatic carbocycles. The topological polar surface area (TPSA) is 30.5 Å². The van der Waals surface area contributed by atoms with E-state index in [2.05, 4.69) is 23.5 Å². The number of hydrogen-bond acceptors (Lipinski definition) is 3. The highest BCUT2D eigenvalue weighted by Crippen LogP contribution is 2.38. The van der Waals surface area contributed by atoms with Crippen LogP contribution in [0.4, 0.5) is 0 Å². The van der Waals surface area contributed by atoms with Gasteiger partial charge in [0.25, 0.3) is 0 Å². The van der Waals surface area contributed by atoms with Crippen LogP contribution < -0.4 is 10.1 Å². The van der Waals surface area contributed by atoms with Crippen molar-refractivity contribution in [2.45, 2.75) is 31.2 Å². The Morgan fingerprint density at radius 3 is 2.78 bits per heavy atom. The maximum Gasteiger partial charge on any atom is 0.122 e. The highest BCUT2D eigenvalue weighted by Gasteiger charge is 2.26. The van der Waals surface area contributed by atoms with E-state index in [-0.39, 0.29) is 0 Å². The monoisotopic (exact) mass is 249 g/mol. The maximum absolute atomic E-state index is 5.81. The number of hydrogen-bond donors (Lipinski definition) is 1. The lowest BCUT2D eigenvalue weighted by molar-refractivity contribution is 0.145. The van der Waals surface area contributed by atoms with Crippen molar-refractivity contribution in [1.29, 1.82) is 0 Å². The smallest absolute Gasteiger partial charge is 0.122 e. The number of nitrogens with one attached hydrogen (secondary N) is 1. The van der Waals surface area contributed by atoms with Gasteiger partial charge in [-0.25, -0.2) is 0 Å². The summed E-state index contributed by atoms with van der Waals surface area (Å²) in [6.07, 6.45) is 3.71. The van der Waals surface area contributed by atoms with Gasteiger partial charge in [0.15, 0.2) is 0 Å². The lowest BCUT2D eigenvalue weighted by atomic mass is 9.96. The van der Waals surface area contributed by atoms with Crippen LogP contribution in [0.25, 0.3) is 0 Å². The molecule has 0 bridgehead atoms. The molecular weight excluding hydrogens is 226 g/mol. The van der Waals surface area contributed by atoms with E-state index in [0.717, 1.165) is 5.75 Å². The minimum absolute atomic E-state index is 0.621. The molecule has 0 aromatic heterocycles. The van der Waals surface area contributed by atoms with E-state index in [4.69, 9.17) is 9.47 Å². The summed E-state index contributed by atoms with van der Waals surface area (Å²) in [7, 11) is 3.75. The standard InChI is InChI=1S/C15H23NO2/c1-16-13-8-7-12(11-13)14-5-3-4-6-15(14)18-10-9-17-2/h3-6,12-13,16H,7-11H2,1-2H3. The lowest BCUT2D eigenvalue weighted by Gasteiger charge is -2.16. The molecule has 18 heavy (non-hydrogen) atoms. The lowest BCUT2D eigenvalue weighted by Crippen LogP contribution is -2.21. The van der Waals surface area contributed by atoms with Crippen molar-refractivity contribution in [3.8, 4) is 5.75 Å². The van der Waals surface area contributed by atoms with E-state index < -0.39 is 0 Å². The molecule has 1 saturated carbocycles. The van der Waals surface area contributed by atoms with Crippen molar-refractivity contribution in [1.82, 2.24) is 5.32 Å². The zero-order chi connectivity index (χ0) is 12.8. The first-order chi connectivity index (χ1) is 8.85. The summed E-state index contributed by atoms with van der Waals surface area (Å²) in [6, 6.07) is 9.06. The van der Waals surface area contributed by atoms with Crippen molar-refractivity contribution in [3.63, 3.8) is 0 Å². The molecule has 1 N–H and O–H groups in total. The molecule has 0 spiro atoms. The molecule has 0 amide bonds. The van der Waals surface area contributed by atoms with Gasteiger partial charge in [0.1, 0.15) is 12.4 Å². The number of benzene rings is 1. The van der Waals surface area contributed by atoms with Gasteiger partial charge in [0.05, 0.1) is 6.61 Å². The Kier molecular flexibility index (Phi) is 5.02. The van der Waals surface area contributed by atoms with Gasteiger partial charge >= 0.3 is 0 Å². The molecule has 1 aromatic carbocycles. The van der Waals surface area contributed by atoms with Crippen molar-refractivity contribution >= 4 is 0 Å². The largest absolute Gasteiger partial charge is 0.491 e. The summed E-state index contributed by atoms with van der Waals surface area (Å²) in [4.78, 5) is 0. The average Bonchev–Trinajstić information content (AvgIpc) is 2.88. The molecule has 1 fully saturated rings. The van der Waals surface area contributed by atoms with Crippen molar-refractivity contribution in [2.75, 3.05) is 27.4 Å². The molecule has 0 radical (unpaired) electrons. The van der Waals surface area contributed by atoms with Crippen molar-refractivity contribution < 1.29 is 9.47 Å². The molecule has 2 unspecified atom stereocenters. The Hall–Kier alpha value is -1.06. The van der Waals surface area contributed by atoms with Crippen LogP contribution in [0.1, 0.15) is 30.7 Å². The first kappa shape index (κ1) is 13.4. The van der Waals surface area contributed by atoms with E-state index in [1.807, 2.05) is 13.1 Å². The molecule has 100 valence electrons. The second-order valence-corrected chi connectivity index (χ2v) is 4.87. The van der Waals surface area contributed by atoms with E-state index in [1.165, 1.54) is 24.8 Å². The quantitative estimate of drug-likeness (QED) is 0.786. The Labute approximate surface area is 109 Å². The fraction of sp³-hybridized carbons (Fsp3) is 0.600. The third-order valence-corrected chi connectivity index (χ3v) is 3.74. The molecule has 0 saturated heterocycles. The zero-order valence-electron chi connectivity index (χ0n) is 11.3. The SMILES string of the molecule is CNC1CCC(c2ccccc2OCCOC)C1. The van der Waals surface area contributed by atoms with Crippen LogP contribution in [0, 0.1) is 0 Å². The molecule has 3 heteroatoms. The number of para-hydroxylation sites is 1. The highest BCUT2D eigenvalue weighted by atomic mass is 16.5. The Balaban J connectivity index is 2.03. The van der Waals surface area contributed by atoms with Gasteiger partial charge in [-0.3, -0.25) is 0 Å². The molecule has 0 heterocycles. The molecular formula is C15H23NO2. The third-order valence-electron chi connectivity index (χ3n) is 3.74. The predicted octanol–water partition coefficient (Wildman–Crippen LogP) is 2.57. The molecule has 2 atom stereocenters. The second-order valence-electron chi connectivity index (χ2n) is 4.87. The second kappa shape index (κ2) is 6.76. The van der Waals surface area contributed by atoms with Crippen LogP contribution in [0.5, 0.6) is 5.75 Å². The van der Waals surface area contributed by atoms with Crippen LogP contribution >= 0.6 is 0 Å². The zero-order valence-corrected chi connectivity index (χ0v) is 11.3. The van der Waals surface area contributed by atoms with E-state index in [1.54, 1.807) is 7.11 Å². The number of methoxy groups -OCH3 is 1. The predicted molar refractivity (Wildman–Crippen MR) is 73.3 cm³/mol. The van der Waals surface area contributed by atoms with Crippen molar-refractivity contribution in [2.24, 2.45) is 0 Å². The molecule has 0 aliphatic heterocycles. The fourth-order valence-electron chi connectivity index (χ4n) is 2.71. The summed E-state index contributed by atoms with van der Waals surface area (Å²) in [5.74, 6) is 1.65. The van der Waals surface area contributed by atoms with Crippen LogP contribution in [0.3, 0.4) is 0 Å². The van der Waals surface area contributed by atoms with Gasteiger partial charge < -0.3 is 14.8 Å². The van der Waals surface area contributed by atoms with Crippen LogP contribution in [0.2, 0.25) is 0 Å². The van der Waals surface area contributed by atoms with Crippen LogP contribution in [-0.2, 0) is 4.74 Å². The van der Waals surface area contributed by atoms with Crippen LogP contribution in [-0.4, -0.2) is 33.4 Å². The van der Waals surface area contributed by atoms with Gasteiger partial charge in [-0.15, -0.1) is 0 Å². The van der Waals surface area contributed by atoms with E-state index >= 15 is 0 Å². The van der Waals surface area contributed by atoms with Gasteiger partial charge in [-0.05, 0) is 43.9 Å². The summed E-state index contributed by atoms with van der Waals surface area (Å²) in [5, 5.41) is 3.37. The molecule has 1 aromatic rings. The van der Waals surface area contributed by atoms with Crippen LogP contribution in [0.15, 0.2) is 24.3 Å². The third kappa shape index (κ3) is 3.24. The first-order valence-corrected chi connectivity index (χ1v) is 6.73. The number of rotatable bonds is 6. The number of ether oxygens (including phenoxy) is 2.